The van der Waals surface area contributed by atoms with Crippen LogP contribution in [0.15, 0.2) is 0 Å². The monoisotopic (exact) mass is 148 g/mol. The van der Waals surface area contributed by atoms with Gasteiger partial charge in [0.15, 0.2) is 0 Å². The molecule has 64 valence electrons. The van der Waals surface area contributed by atoms with Crippen LogP contribution in [0.3, 0.4) is 0 Å². The quantitative estimate of drug-likeness (QED) is 0.594. The Kier molecular flexibility index (Phi) is 14.7. The van der Waals surface area contributed by atoms with E-state index < -0.39 is 0 Å². The molecule has 10 heavy (non-hydrogen) atoms. The van der Waals surface area contributed by atoms with Gasteiger partial charge in [0.05, 0.1) is 0 Å². The normalized spacial score (nSPS) is 9.00. The summed E-state index contributed by atoms with van der Waals surface area (Å²) in [5.41, 5.74) is 0. The third kappa shape index (κ3) is 44.5. The third-order valence-electron chi connectivity index (χ3n) is 0.566. The van der Waals surface area contributed by atoms with E-state index in [9.17, 15) is 0 Å². The van der Waals surface area contributed by atoms with Crippen molar-refractivity contribution >= 4 is 0 Å². The molecule has 0 aliphatic rings. The Bertz CT molecular complexity index is 37.8. The van der Waals surface area contributed by atoms with Crippen LogP contribution in [-0.2, 0) is 0 Å². The topological polar surface area (TPSA) is 40.5 Å². The van der Waals surface area contributed by atoms with Gasteiger partial charge < -0.3 is 10.2 Å². The van der Waals surface area contributed by atoms with Gasteiger partial charge in [-0.3, -0.25) is 0 Å². The van der Waals surface area contributed by atoms with Crippen LogP contribution in [0.4, 0.5) is 0 Å². The second-order valence-corrected chi connectivity index (χ2v) is 2.89. The van der Waals surface area contributed by atoms with Crippen LogP contribution in [0.2, 0.25) is 0 Å². The van der Waals surface area contributed by atoms with Gasteiger partial charge in [-0.1, -0.05) is 20.8 Å². The molecule has 2 heteroatoms. The van der Waals surface area contributed by atoms with Crippen molar-refractivity contribution in [2.75, 3.05) is 13.2 Å². The smallest absolute Gasteiger partial charge is 0.0431 e. The summed E-state index contributed by atoms with van der Waals surface area (Å²) in [7, 11) is 0. The van der Waals surface area contributed by atoms with Gasteiger partial charge in [-0.2, -0.15) is 0 Å². The molecular weight excluding hydrogens is 128 g/mol. The van der Waals surface area contributed by atoms with Gasteiger partial charge in [-0.05, 0) is 18.8 Å². The Morgan fingerprint density at radius 3 is 1.20 bits per heavy atom. The molecule has 0 bridgehead atoms. The summed E-state index contributed by atoms with van der Waals surface area (Å²) in [6, 6.07) is 0. The number of rotatable bonds is 3. The van der Waals surface area contributed by atoms with Crippen LogP contribution in [0.1, 0.15) is 33.6 Å². The van der Waals surface area contributed by atoms with Crippen LogP contribution in [-0.4, -0.2) is 23.4 Å². The van der Waals surface area contributed by atoms with Crippen molar-refractivity contribution in [3.05, 3.63) is 0 Å². The molecule has 0 spiro atoms. The predicted molar refractivity (Wildman–Crippen MR) is 43.9 cm³/mol. The maximum absolute atomic E-state index is 8.09. The van der Waals surface area contributed by atoms with Crippen LogP contribution in [0, 0.1) is 5.92 Å². The highest BCUT2D eigenvalue weighted by molar-refractivity contribution is 4.30. The average molecular weight is 148 g/mol. The standard InChI is InChI=1S/C4H10O2.C4H10/c5-3-1-2-4-6;1-4(2)3/h5-6H,1-4H2;4H,1-3H3. The number of hydrogen-bond acceptors (Lipinski definition) is 2. The van der Waals surface area contributed by atoms with E-state index in [0.717, 1.165) is 18.8 Å². The molecule has 0 aliphatic heterocycles. The average Bonchev–Trinajstić information content (AvgIpc) is 1.82. The maximum Gasteiger partial charge on any atom is 0.0431 e. The van der Waals surface area contributed by atoms with E-state index in [4.69, 9.17) is 10.2 Å². The molecule has 0 saturated carbocycles. The minimum atomic E-state index is 0.195. The summed E-state index contributed by atoms with van der Waals surface area (Å²) in [6.07, 6.45) is 1.44. The van der Waals surface area contributed by atoms with Crippen LogP contribution in [0.5, 0.6) is 0 Å². The molecule has 0 unspecified atom stereocenters. The number of aliphatic hydroxyl groups excluding tert-OH is 2. The second kappa shape index (κ2) is 11.7. The van der Waals surface area contributed by atoms with E-state index in [1.54, 1.807) is 0 Å². The van der Waals surface area contributed by atoms with E-state index in [2.05, 4.69) is 20.8 Å². The zero-order chi connectivity index (χ0) is 8.41. The molecule has 0 aliphatic carbocycles. The van der Waals surface area contributed by atoms with E-state index in [-0.39, 0.29) is 13.2 Å². The van der Waals surface area contributed by atoms with Gasteiger partial charge in [-0.15, -0.1) is 0 Å². The van der Waals surface area contributed by atoms with Crippen molar-refractivity contribution in [2.24, 2.45) is 5.92 Å². The second-order valence-electron chi connectivity index (χ2n) is 2.89. The lowest BCUT2D eigenvalue weighted by Crippen LogP contribution is -1.85. The molecule has 0 aromatic heterocycles. The van der Waals surface area contributed by atoms with Gasteiger partial charge in [0.1, 0.15) is 0 Å². The van der Waals surface area contributed by atoms with Crippen molar-refractivity contribution < 1.29 is 10.2 Å². The molecule has 0 atom stereocenters. The summed E-state index contributed by atoms with van der Waals surface area (Å²) >= 11 is 0. The number of hydrogen-bond donors (Lipinski definition) is 2. The van der Waals surface area contributed by atoms with Gasteiger partial charge in [-0.25, -0.2) is 0 Å². The Hall–Kier alpha value is -0.0800. The fourth-order valence-electron chi connectivity index (χ4n) is 0.224. The predicted octanol–water partition coefficient (Wildman–Crippen LogP) is 1.41. The fraction of sp³-hybridized carbons (Fsp3) is 1.00. The van der Waals surface area contributed by atoms with Gasteiger partial charge in [0, 0.05) is 13.2 Å². The fourth-order valence-corrected chi connectivity index (χ4v) is 0.224. The lowest BCUT2D eigenvalue weighted by Gasteiger charge is -1.85. The molecule has 0 aromatic rings. The molecule has 0 rings (SSSR count). The van der Waals surface area contributed by atoms with Gasteiger partial charge in [0.2, 0.25) is 0 Å². The Balaban J connectivity index is 0. The molecular formula is C8H20O2. The van der Waals surface area contributed by atoms with Crippen molar-refractivity contribution in [1.82, 2.24) is 0 Å². The highest BCUT2D eigenvalue weighted by atomic mass is 16.3. The summed E-state index contributed by atoms with van der Waals surface area (Å²) < 4.78 is 0. The van der Waals surface area contributed by atoms with Crippen molar-refractivity contribution in [2.45, 2.75) is 33.6 Å². The molecule has 0 radical (unpaired) electrons. The summed E-state index contributed by atoms with van der Waals surface area (Å²) in [5, 5.41) is 16.2. The Labute approximate surface area is 63.9 Å². The minimum absolute atomic E-state index is 0.195. The lowest BCUT2D eigenvalue weighted by molar-refractivity contribution is 0.242. The van der Waals surface area contributed by atoms with Crippen LogP contribution in [0.25, 0.3) is 0 Å². The molecule has 0 saturated heterocycles. The number of unbranched alkanes of at least 4 members (excludes halogenated alkanes) is 1. The highest BCUT2D eigenvalue weighted by Gasteiger charge is 1.77. The van der Waals surface area contributed by atoms with E-state index >= 15 is 0 Å². The molecule has 0 aromatic carbocycles. The SMILES string of the molecule is CC(C)C.OCCCCO. The zero-order valence-corrected chi connectivity index (χ0v) is 7.30. The maximum atomic E-state index is 8.09. The molecule has 0 fully saturated rings. The summed E-state index contributed by atoms with van der Waals surface area (Å²) in [5.74, 6) is 0.833. The van der Waals surface area contributed by atoms with Crippen LogP contribution >= 0.6 is 0 Å². The van der Waals surface area contributed by atoms with Crippen molar-refractivity contribution in [3.63, 3.8) is 0 Å². The first-order valence-corrected chi connectivity index (χ1v) is 3.86. The Morgan fingerprint density at radius 1 is 0.900 bits per heavy atom. The first kappa shape index (κ1) is 12.6. The van der Waals surface area contributed by atoms with Gasteiger partial charge in [0.25, 0.3) is 0 Å². The molecule has 2 N–H and O–H groups in total. The molecule has 0 heterocycles. The van der Waals surface area contributed by atoms with E-state index in [1.807, 2.05) is 0 Å². The summed E-state index contributed by atoms with van der Waals surface area (Å²) in [6.45, 7) is 6.89. The van der Waals surface area contributed by atoms with Crippen molar-refractivity contribution in [1.29, 1.82) is 0 Å². The first-order chi connectivity index (χ1) is 4.65. The van der Waals surface area contributed by atoms with Crippen LogP contribution < -0.4 is 0 Å². The minimum Gasteiger partial charge on any atom is -0.396 e. The number of aliphatic hydroxyl groups is 2. The Morgan fingerprint density at radius 2 is 1.10 bits per heavy atom. The van der Waals surface area contributed by atoms with E-state index in [1.165, 1.54) is 0 Å². The van der Waals surface area contributed by atoms with Gasteiger partial charge >= 0.3 is 0 Å². The molecule has 0 amide bonds. The third-order valence-corrected chi connectivity index (χ3v) is 0.566. The van der Waals surface area contributed by atoms with E-state index in [0.29, 0.717) is 0 Å². The highest BCUT2D eigenvalue weighted by Crippen LogP contribution is 1.81. The van der Waals surface area contributed by atoms with Crippen molar-refractivity contribution in [3.8, 4) is 0 Å². The first-order valence-electron chi connectivity index (χ1n) is 3.86. The molecule has 2 nitrogen and oxygen atoms in total. The lowest BCUT2D eigenvalue weighted by atomic mass is 10.3. The zero-order valence-electron chi connectivity index (χ0n) is 7.30. The summed E-state index contributed by atoms with van der Waals surface area (Å²) in [4.78, 5) is 0. The largest absolute Gasteiger partial charge is 0.396 e.